The van der Waals surface area contributed by atoms with Crippen molar-refractivity contribution in [3.05, 3.63) is 101 Å². The van der Waals surface area contributed by atoms with Crippen molar-refractivity contribution in [1.82, 2.24) is 15.2 Å². The Kier molecular flexibility index (Phi) is 10.1. The van der Waals surface area contributed by atoms with Gasteiger partial charge in [0.15, 0.2) is 11.5 Å². The molecular weight excluding hydrogens is 604 g/mol. The number of thioether (sulfide) groups is 1. The topological polar surface area (TPSA) is 143 Å². The molecule has 0 saturated carbocycles. The zero-order valence-electron chi connectivity index (χ0n) is 24.1. The largest absolute Gasteiger partial charge is 0.485 e. The number of hydrogen-bond acceptors (Lipinski definition) is 10. The summed E-state index contributed by atoms with van der Waals surface area (Å²) >= 11 is 0.370. The summed E-state index contributed by atoms with van der Waals surface area (Å²) in [6, 6.07) is 22.5. The lowest BCUT2D eigenvalue weighted by atomic mass is 10.1. The summed E-state index contributed by atoms with van der Waals surface area (Å²) in [7, 11) is 1.92. The van der Waals surface area contributed by atoms with Crippen LogP contribution < -0.4 is 25.3 Å². The predicted octanol–water partition coefficient (Wildman–Crippen LogP) is 5.43. The van der Waals surface area contributed by atoms with E-state index in [0.29, 0.717) is 17.3 Å². The van der Waals surface area contributed by atoms with Gasteiger partial charge in [-0.3, -0.25) is 15.0 Å². The first-order valence-electron chi connectivity index (χ1n) is 13.9. The Morgan fingerprint density at radius 2 is 1.78 bits per heavy atom. The molecule has 1 aliphatic heterocycles. The van der Waals surface area contributed by atoms with Crippen molar-refractivity contribution < 1.29 is 32.9 Å². The van der Waals surface area contributed by atoms with Gasteiger partial charge < -0.3 is 25.1 Å². The minimum absolute atomic E-state index is 0.0734. The van der Waals surface area contributed by atoms with Gasteiger partial charge >= 0.3 is 5.97 Å². The third-order valence-electron chi connectivity index (χ3n) is 6.91. The molecule has 1 aromatic heterocycles. The molecule has 232 valence electrons. The van der Waals surface area contributed by atoms with E-state index in [1.807, 2.05) is 54.4 Å². The van der Waals surface area contributed by atoms with E-state index < -0.39 is 46.1 Å². The number of carboxylic acid groups (broad SMARTS) is 1. The van der Waals surface area contributed by atoms with Crippen LogP contribution in [0.2, 0.25) is 0 Å². The lowest BCUT2D eigenvalue weighted by Gasteiger charge is -2.22. The Bertz CT molecular complexity index is 1720. The number of halogens is 2. The molecule has 0 bridgehead atoms. The number of nitrogens with one attached hydrogen (secondary N) is 1. The fourth-order valence-electron chi connectivity index (χ4n) is 4.59. The maximum Gasteiger partial charge on any atom is 0.318 e. The first kappa shape index (κ1) is 31.7. The normalized spacial score (nSPS) is 15.3. The molecule has 0 spiro atoms. The second kappa shape index (κ2) is 14.4. The lowest BCUT2D eigenvalue weighted by molar-refractivity contribution is -0.136. The number of hydrogen-bond donors (Lipinski definition) is 3. The van der Waals surface area contributed by atoms with Gasteiger partial charge in [-0.1, -0.05) is 48.5 Å². The summed E-state index contributed by atoms with van der Waals surface area (Å²) in [4.78, 5) is 17.1. The average Bonchev–Trinajstić information content (AvgIpc) is 3.48. The van der Waals surface area contributed by atoms with E-state index in [9.17, 15) is 15.2 Å². The van der Waals surface area contributed by atoms with Gasteiger partial charge in [0.05, 0.1) is 22.7 Å². The first-order valence-corrected chi connectivity index (χ1v) is 14.7. The number of pyridine rings is 1. The Balaban J connectivity index is 1.56. The molecule has 0 radical (unpaired) electrons. The number of rotatable bonds is 12. The minimum Gasteiger partial charge on any atom is -0.485 e. The highest BCUT2D eigenvalue weighted by atomic mass is 32.2. The molecule has 5 rings (SSSR count). The highest BCUT2D eigenvalue weighted by Crippen LogP contribution is 2.42. The number of carboxylic acids is 1. The Labute approximate surface area is 262 Å². The molecule has 1 fully saturated rings. The van der Waals surface area contributed by atoms with E-state index in [-0.39, 0.29) is 35.6 Å². The zero-order chi connectivity index (χ0) is 31.9. The summed E-state index contributed by atoms with van der Waals surface area (Å²) in [6.07, 6.45) is -0.235. The molecule has 2 unspecified atom stereocenters. The molecule has 10 nitrogen and oxygen atoms in total. The predicted molar refractivity (Wildman–Crippen MR) is 162 cm³/mol. The fraction of sp³-hybridized carbons (Fsp3) is 0.219. The van der Waals surface area contributed by atoms with Gasteiger partial charge in [0, 0.05) is 31.3 Å². The number of aliphatic carboxylic acids is 1. The number of benzene rings is 3. The molecule has 0 aliphatic carbocycles. The highest BCUT2D eigenvalue weighted by Gasteiger charge is 2.31. The van der Waals surface area contributed by atoms with Gasteiger partial charge in [-0.2, -0.15) is 19.0 Å². The van der Waals surface area contributed by atoms with E-state index >= 15 is 8.78 Å². The van der Waals surface area contributed by atoms with Gasteiger partial charge in [0.25, 0.3) is 11.8 Å². The number of nitrogens with zero attached hydrogens (tertiary/aromatic N) is 3. The molecule has 2 heterocycles. The van der Waals surface area contributed by atoms with Crippen LogP contribution in [-0.4, -0.2) is 52.9 Å². The molecule has 3 aromatic carbocycles. The number of likely N-dealkylation sites (N-methyl/N-ethyl adjacent to an activating group) is 1. The van der Waals surface area contributed by atoms with Crippen molar-refractivity contribution in [2.24, 2.45) is 5.73 Å². The molecular formula is C32H29F2N5O5S. The average molecular weight is 634 g/mol. The van der Waals surface area contributed by atoms with Gasteiger partial charge in [0.1, 0.15) is 17.6 Å². The van der Waals surface area contributed by atoms with Crippen molar-refractivity contribution in [2.75, 3.05) is 26.7 Å². The van der Waals surface area contributed by atoms with Gasteiger partial charge in [-0.15, -0.1) is 11.8 Å². The van der Waals surface area contributed by atoms with Crippen molar-refractivity contribution in [1.29, 1.82) is 5.26 Å². The van der Waals surface area contributed by atoms with Crippen LogP contribution in [0.25, 0.3) is 0 Å². The third kappa shape index (κ3) is 7.33. The molecule has 13 heteroatoms. The van der Waals surface area contributed by atoms with E-state index in [1.54, 1.807) is 18.2 Å². The van der Waals surface area contributed by atoms with Crippen LogP contribution in [0.1, 0.15) is 22.9 Å². The minimum atomic E-state index is -1.38. The summed E-state index contributed by atoms with van der Waals surface area (Å²) in [5.41, 5.74) is 7.31. The van der Waals surface area contributed by atoms with E-state index in [2.05, 4.69) is 10.3 Å². The van der Waals surface area contributed by atoms with Crippen LogP contribution in [0, 0.1) is 23.0 Å². The Hall–Kier alpha value is -4.74. The van der Waals surface area contributed by atoms with Crippen molar-refractivity contribution >= 4 is 17.7 Å². The van der Waals surface area contributed by atoms with Crippen molar-refractivity contribution in [3.63, 3.8) is 0 Å². The summed E-state index contributed by atoms with van der Waals surface area (Å²) in [5.74, 6) is -4.89. The van der Waals surface area contributed by atoms with Crippen molar-refractivity contribution in [2.45, 2.75) is 22.9 Å². The second-order valence-corrected chi connectivity index (χ2v) is 11.2. The molecule has 4 N–H and O–H groups in total. The van der Waals surface area contributed by atoms with Crippen LogP contribution in [0.3, 0.4) is 0 Å². The summed E-state index contributed by atoms with van der Waals surface area (Å²) < 4.78 is 49.7. The monoisotopic (exact) mass is 633 g/mol. The standard InChI is InChI=1S/C32H29F2N5O5S/c1-39-14-13-37-29(39)21-9-5-6-10-22(21)43-30-26(33)28(45-25(17-36)32(40)41)27(34)31(38-30)44-24-15-20(16-35)11-12-23(24)42-18-19-7-3-2-4-8-19/h2-12,15,25,29,37H,13-14,17-18,36H2,1H3,(H,40,41). The van der Waals surface area contributed by atoms with Crippen LogP contribution >= 0.6 is 11.8 Å². The maximum absolute atomic E-state index is 16.0. The van der Waals surface area contributed by atoms with Gasteiger partial charge in [0.2, 0.25) is 11.6 Å². The molecule has 1 saturated heterocycles. The molecule has 45 heavy (non-hydrogen) atoms. The van der Waals surface area contributed by atoms with Crippen molar-refractivity contribution in [3.8, 4) is 35.1 Å². The highest BCUT2D eigenvalue weighted by molar-refractivity contribution is 8.00. The Morgan fingerprint density at radius 1 is 1.09 bits per heavy atom. The van der Waals surface area contributed by atoms with Gasteiger partial charge in [-0.25, -0.2) is 0 Å². The van der Waals surface area contributed by atoms with Gasteiger partial charge in [-0.05, 0) is 30.8 Å². The number of ether oxygens (including phenoxy) is 3. The third-order valence-corrected chi connectivity index (χ3v) is 8.18. The first-order chi connectivity index (χ1) is 21.8. The van der Waals surface area contributed by atoms with Crippen LogP contribution in [0.4, 0.5) is 8.78 Å². The smallest absolute Gasteiger partial charge is 0.318 e. The van der Waals surface area contributed by atoms with Crippen LogP contribution in [-0.2, 0) is 11.4 Å². The number of aromatic nitrogens is 1. The number of nitrogens with two attached hydrogens (primary N) is 1. The molecule has 0 amide bonds. The SMILES string of the molecule is CN1CCNC1c1ccccc1Oc1nc(Oc2cc(C#N)ccc2OCc2ccccc2)c(F)c(SC(CN)C(=O)O)c1F. The maximum atomic E-state index is 16.0. The lowest BCUT2D eigenvalue weighted by Crippen LogP contribution is -2.26. The zero-order valence-corrected chi connectivity index (χ0v) is 24.9. The number of para-hydroxylation sites is 1. The number of carbonyl (C=O) groups is 1. The quantitative estimate of drug-likeness (QED) is 0.172. The van der Waals surface area contributed by atoms with Crippen LogP contribution in [0.15, 0.2) is 77.7 Å². The second-order valence-electron chi connectivity index (χ2n) is 9.99. The van der Waals surface area contributed by atoms with E-state index in [1.165, 1.54) is 18.2 Å². The molecule has 1 aliphatic rings. The fourth-order valence-corrected chi connectivity index (χ4v) is 5.45. The van der Waals surface area contributed by atoms with Crippen LogP contribution in [0.5, 0.6) is 29.0 Å². The van der Waals surface area contributed by atoms with E-state index in [4.69, 9.17) is 19.9 Å². The molecule has 4 aromatic rings. The summed E-state index contributed by atoms with van der Waals surface area (Å²) in [5, 5.41) is 21.0. The van der Waals surface area contributed by atoms with E-state index in [0.717, 1.165) is 18.7 Å². The Morgan fingerprint density at radius 3 is 2.42 bits per heavy atom. The number of nitriles is 1. The molecule has 2 atom stereocenters. The summed E-state index contributed by atoms with van der Waals surface area (Å²) in [6.45, 7) is 1.23.